The van der Waals surface area contributed by atoms with Crippen LogP contribution in [-0.4, -0.2) is 29.9 Å². The molecule has 1 aliphatic rings. The molecule has 0 spiro atoms. The highest BCUT2D eigenvalue weighted by atomic mass is 127. The normalized spacial score (nSPS) is 19.9. The van der Waals surface area contributed by atoms with Crippen LogP contribution in [0.2, 0.25) is 0 Å². The van der Waals surface area contributed by atoms with E-state index in [1.165, 1.54) is 6.42 Å². The van der Waals surface area contributed by atoms with E-state index in [9.17, 15) is 4.79 Å². The third-order valence-electron chi connectivity index (χ3n) is 3.58. The Labute approximate surface area is 122 Å². The SMILES string of the molecule is Cc1cccc(C(=O)N2CCCCC2CN)c1I. The quantitative estimate of drug-likeness (QED) is 0.826. The molecule has 1 amide bonds. The number of rotatable bonds is 2. The van der Waals surface area contributed by atoms with Crippen molar-refractivity contribution in [1.29, 1.82) is 0 Å². The van der Waals surface area contributed by atoms with Gasteiger partial charge in [0.2, 0.25) is 0 Å². The molecule has 2 rings (SSSR count). The van der Waals surface area contributed by atoms with Crippen molar-refractivity contribution in [3.63, 3.8) is 0 Å². The minimum Gasteiger partial charge on any atom is -0.334 e. The van der Waals surface area contributed by atoms with Gasteiger partial charge in [0.05, 0.1) is 5.56 Å². The van der Waals surface area contributed by atoms with Crippen LogP contribution in [0.25, 0.3) is 0 Å². The number of likely N-dealkylation sites (tertiary alicyclic amines) is 1. The first-order valence-corrected chi connectivity index (χ1v) is 7.49. The largest absolute Gasteiger partial charge is 0.334 e. The van der Waals surface area contributed by atoms with E-state index in [0.717, 1.165) is 34.1 Å². The average Bonchev–Trinajstić information content (AvgIpc) is 2.41. The maximum atomic E-state index is 12.6. The van der Waals surface area contributed by atoms with Crippen LogP contribution in [0.1, 0.15) is 35.2 Å². The predicted octanol–water partition coefficient (Wildman–Crippen LogP) is 2.55. The van der Waals surface area contributed by atoms with Crippen molar-refractivity contribution in [2.75, 3.05) is 13.1 Å². The van der Waals surface area contributed by atoms with Crippen molar-refractivity contribution in [3.05, 3.63) is 32.9 Å². The fraction of sp³-hybridized carbons (Fsp3) is 0.500. The Hall–Kier alpha value is -0.620. The van der Waals surface area contributed by atoms with Crippen molar-refractivity contribution in [2.24, 2.45) is 5.73 Å². The molecule has 2 N–H and O–H groups in total. The molecule has 4 heteroatoms. The number of nitrogens with zero attached hydrogens (tertiary/aromatic N) is 1. The second kappa shape index (κ2) is 6.02. The molecule has 1 unspecified atom stereocenters. The van der Waals surface area contributed by atoms with Gasteiger partial charge in [-0.25, -0.2) is 0 Å². The summed E-state index contributed by atoms with van der Waals surface area (Å²) in [5.41, 5.74) is 7.75. The lowest BCUT2D eigenvalue weighted by atomic mass is 10.0. The number of aryl methyl sites for hydroxylation is 1. The van der Waals surface area contributed by atoms with E-state index in [1.54, 1.807) is 0 Å². The summed E-state index contributed by atoms with van der Waals surface area (Å²) in [5.74, 6) is 0.137. The third kappa shape index (κ3) is 2.69. The summed E-state index contributed by atoms with van der Waals surface area (Å²) in [6, 6.07) is 6.11. The number of piperidine rings is 1. The molecule has 1 aromatic rings. The van der Waals surface area contributed by atoms with Gasteiger partial charge in [0, 0.05) is 22.7 Å². The first kappa shape index (κ1) is 13.8. The zero-order valence-electron chi connectivity index (χ0n) is 10.7. The number of halogens is 1. The van der Waals surface area contributed by atoms with E-state index in [-0.39, 0.29) is 11.9 Å². The fourth-order valence-electron chi connectivity index (χ4n) is 2.48. The monoisotopic (exact) mass is 358 g/mol. The smallest absolute Gasteiger partial charge is 0.255 e. The Balaban J connectivity index is 2.27. The maximum Gasteiger partial charge on any atom is 0.255 e. The molecule has 1 aliphatic heterocycles. The van der Waals surface area contributed by atoms with Crippen LogP contribution in [0.3, 0.4) is 0 Å². The number of carbonyl (C=O) groups excluding carboxylic acids is 1. The Morgan fingerprint density at radius 2 is 2.28 bits per heavy atom. The average molecular weight is 358 g/mol. The number of amides is 1. The molecule has 1 heterocycles. The topological polar surface area (TPSA) is 46.3 Å². The van der Waals surface area contributed by atoms with Crippen LogP contribution >= 0.6 is 22.6 Å². The lowest BCUT2D eigenvalue weighted by Crippen LogP contribution is -2.47. The highest BCUT2D eigenvalue weighted by Crippen LogP contribution is 2.23. The van der Waals surface area contributed by atoms with Gasteiger partial charge in [-0.1, -0.05) is 12.1 Å². The number of nitrogens with two attached hydrogens (primary N) is 1. The molecular weight excluding hydrogens is 339 g/mol. The van der Waals surface area contributed by atoms with Crippen LogP contribution in [0.4, 0.5) is 0 Å². The molecule has 0 bridgehead atoms. The molecule has 0 aromatic heterocycles. The van der Waals surface area contributed by atoms with E-state index >= 15 is 0 Å². The van der Waals surface area contributed by atoms with E-state index < -0.39 is 0 Å². The van der Waals surface area contributed by atoms with Gasteiger partial charge in [0.1, 0.15) is 0 Å². The molecule has 18 heavy (non-hydrogen) atoms. The van der Waals surface area contributed by atoms with Crippen molar-refractivity contribution in [2.45, 2.75) is 32.2 Å². The van der Waals surface area contributed by atoms with Crippen molar-refractivity contribution in [3.8, 4) is 0 Å². The fourth-order valence-corrected chi connectivity index (χ4v) is 3.07. The first-order chi connectivity index (χ1) is 8.65. The van der Waals surface area contributed by atoms with Gasteiger partial charge in [0.15, 0.2) is 0 Å². The summed E-state index contributed by atoms with van der Waals surface area (Å²) < 4.78 is 1.06. The lowest BCUT2D eigenvalue weighted by Gasteiger charge is -2.35. The summed E-state index contributed by atoms with van der Waals surface area (Å²) in [4.78, 5) is 14.6. The van der Waals surface area contributed by atoms with Crippen LogP contribution in [0.5, 0.6) is 0 Å². The van der Waals surface area contributed by atoms with Crippen molar-refractivity contribution in [1.82, 2.24) is 4.90 Å². The Morgan fingerprint density at radius 1 is 1.50 bits per heavy atom. The molecule has 1 saturated heterocycles. The van der Waals surface area contributed by atoms with Gasteiger partial charge < -0.3 is 10.6 Å². The summed E-state index contributed by atoms with van der Waals surface area (Å²) in [5, 5.41) is 0. The third-order valence-corrected chi connectivity index (χ3v) is 5.01. The van der Waals surface area contributed by atoms with E-state index in [2.05, 4.69) is 22.6 Å². The molecule has 1 aromatic carbocycles. The summed E-state index contributed by atoms with van der Waals surface area (Å²) in [6.45, 7) is 3.44. The zero-order valence-corrected chi connectivity index (χ0v) is 12.8. The number of carbonyl (C=O) groups is 1. The lowest BCUT2D eigenvalue weighted by molar-refractivity contribution is 0.0622. The van der Waals surface area contributed by atoms with Gasteiger partial charge in [0.25, 0.3) is 5.91 Å². The van der Waals surface area contributed by atoms with Crippen LogP contribution < -0.4 is 5.73 Å². The number of benzene rings is 1. The summed E-state index contributed by atoms with van der Waals surface area (Å²) in [7, 11) is 0. The predicted molar refractivity (Wildman–Crippen MR) is 81.6 cm³/mol. The van der Waals surface area contributed by atoms with E-state index in [0.29, 0.717) is 6.54 Å². The highest BCUT2D eigenvalue weighted by Gasteiger charge is 2.27. The van der Waals surface area contributed by atoms with Gasteiger partial charge >= 0.3 is 0 Å². The van der Waals surface area contributed by atoms with Crippen LogP contribution in [0, 0.1) is 10.5 Å². The first-order valence-electron chi connectivity index (χ1n) is 6.41. The summed E-state index contributed by atoms with van der Waals surface area (Å²) >= 11 is 2.26. The second-order valence-electron chi connectivity index (χ2n) is 4.82. The Morgan fingerprint density at radius 3 is 3.00 bits per heavy atom. The molecule has 0 radical (unpaired) electrons. The molecule has 1 atom stereocenters. The van der Waals surface area contributed by atoms with Gasteiger partial charge in [-0.15, -0.1) is 0 Å². The van der Waals surface area contributed by atoms with Crippen molar-refractivity contribution >= 4 is 28.5 Å². The van der Waals surface area contributed by atoms with Crippen molar-refractivity contribution < 1.29 is 4.79 Å². The van der Waals surface area contributed by atoms with Crippen LogP contribution in [0.15, 0.2) is 18.2 Å². The summed E-state index contributed by atoms with van der Waals surface area (Å²) in [6.07, 6.45) is 3.30. The second-order valence-corrected chi connectivity index (χ2v) is 5.90. The highest BCUT2D eigenvalue weighted by molar-refractivity contribution is 14.1. The minimum atomic E-state index is 0.137. The minimum absolute atomic E-state index is 0.137. The molecule has 3 nitrogen and oxygen atoms in total. The molecule has 0 aliphatic carbocycles. The maximum absolute atomic E-state index is 12.6. The van der Waals surface area contributed by atoms with Gasteiger partial charge in [-0.2, -0.15) is 0 Å². The zero-order chi connectivity index (χ0) is 13.1. The van der Waals surface area contributed by atoms with Crippen LogP contribution in [-0.2, 0) is 0 Å². The molecule has 1 fully saturated rings. The van der Waals surface area contributed by atoms with Gasteiger partial charge in [-0.3, -0.25) is 4.79 Å². The molecular formula is C14H19IN2O. The Kier molecular flexibility index (Phi) is 4.61. The molecule has 98 valence electrons. The molecule has 0 saturated carbocycles. The van der Waals surface area contributed by atoms with E-state index in [4.69, 9.17) is 5.73 Å². The van der Waals surface area contributed by atoms with Gasteiger partial charge in [-0.05, 0) is 60.4 Å². The Bertz CT molecular complexity index is 447. The van der Waals surface area contributed by atoms with E-state index in [1.807, 2.05) is 30.0 Å². The standard InChI is InChI=1S/C14H19IN2O/c1-10-5-4-7-12(13(10)15)14(18)17-8-3-2-6-11(17)9-16/h4-5,7,11H,2-3,6,8-9,16H2,1H3. The number of hydrogen-bond acceptors (Lipinski definition) is 2. The number of hydrogen-bond donors (Lipinski definition) is 1.